The minimum absolute atomic E-state index is 1.16. The number of hydrogen-bond acceptors (Lipinski definition) is 9. The third-order valence-electron chi connectivity index (χ3n) is 6.70. The summed E-state index contributed by atoms with van der Waals surface area (Å²) < 4.78 is 26.9. The van der Waals surface area contributed by atoms with Crippen molar-refractivity contribution < 1.29 is 53.1 Å². The fourth-order valence-corrected chi connectivity index (χ4v) is 5.25. The Bertz CT molecular complexity index is 865. The molecule has 2 fully saturated rings. The van der Waals surface area contributed by atoms with Gasteiger partial charge in [-0.25, -0.2) is 0 Å². The first-order chi connectivity index (χ1) is 14.4. The zero-order chi connectivity index (χ0) is 23.0. The second kappa shape index (κ2) is 6.45. The van der Waals surface area contributed by atoms with Gasteiger partial charge >= 0.3 is 23.9 Å². The smallest absolute Gasteiger partial charge is 0.320 e. The molecule has 31 heavy (non-hydrogen) atoms. The Hall–Kier alpha value is -2.60. The molecule has 0 aliphatic carbocycles. The first-order valence-electron chi connectivity index (χ1n) is 9.51. The van der Waals surface area contributed by atoms with Crippen LogP contribution in [0.15, 0.2) is 24.3 Å². The fraction of sp³-hybridized carbons (Fsp3) is 0.600. The van der Waals surface area contributed by atoms with E-state index >= 15 is 0 Å². The monoisotopic (exact) mass is 438 g/mol. The molecule has 0 radical (unpaired) electrons. The van der Waals surface area contributed by atoms with Gasteiger partial charge in [-0.2, -0.15) is 0 Å². The Balaban J connectivity index is 1.63. The molecule has 2 saturated heterocycles. The van der Waals surface area contributed by atoms with Crippen molar-refractivity contribution in [2.45, 2.75) is 36.6 Å². The van der Waals surface area contributed by atoms with Crippen LogP contribution in [-0.4, -0.2) is 71.1 Å². The molecular formula is C20H22O11. The van der Waals surface area contributed by atoms with E-state index in [1.165, 1.54) is 52.4 Å². The first-order valence-corrected chi connectivity index (χ1v) is 9.51. The second-order valence-corrected chi connectivity index (χ2v) is 8.42. The van der Waals surface area contributed by atoms with Crippen LogP contribution in [-0.2, 0) is 42.9 Å². The van der Waals surface area contributed by atoms with E-state index in [4.69, 9.17) is 23.7 Å². The van der Waals surface area contributed by atoms with Crippen LogP contribution in [0, 0.1) is 23.7 Å². The lowest BCUT2D eigenvalue weighted by Gasteiger charge is -2.31. The van der Waals surface area contributed by atoms with E-state index in [1.807, 2.05) is 0 Å². The molecule has 0 aromatic heterocycles. The van der Waals surface area contributed by atoms with Crippen LogP contribution in [0.4, 0.5) is 0 Å². The van der Waals surface area contributed by atoms with E-state index in [0.717, 1.165) is 0 Å². The SMILES string of the molecule is COC12C=CC(C)(O1)C(C(=O)OC(=O)C1C(C(=O)O)C3(OC)C=CC1(C)O3)C2C(=O)O. The van der Waals surface area contributed by atoms with Gasteiger partial charge in [0.05, 0.1) is 0 Å². The molecule has 8 unspecified atom stereocenters. The molecule has 4 heterocycles. The molecule has 8 atom stereocenters. The van der Waals surface area contributed by atoms with Gasteiger partial charge in [-0.05, 0) is 26.0 Å². The molecule has 11 heteroatoms. The molecule has 4 bridgehead atoms. The third-order valence-corrected chi connectivity index (χ3v) is 6.70. The maximum absolute atomic E-state index is 13.0. The summed E-state index contributed by atoms with van der Waals surface area (Å²) in [5.41, 5.74) is -2.77. The van der Waals surface area contributed by atoms with Gasteiger partial charge in [0.25, 0.3) is 0 Å². The van der Waals surface area contributed by atoms with Crippen molar-refractivity contribution in [3.05, 3.63) is 24.3 Å². The van der Waals surface area contributed by atoms with E-state index < -0.39 is 70.3 Å². The average molecular weight is 438 g/mol. The summed E-state index contributed by atoms with van der Waals surface area (Å²) >= 11 is 0. The van der Waals surface area contributed by atoms with Crippen molar-refractivity contribution >= 4 is 23.9 Å². The fourth-order valence-electron chi connectivity index (χ4n) is 5.25. The molecule has 0 aromatic rings. The highest BCUT2D eigenvalue weighted by atomic mass is 16.7. The number of aliphatic carboxylic acids is 2. The van der Waals surface area contributed by atoms with E-state index in [-0.39, 0.29) is 0 Å². The van der Waals surface area contributed by atoms with Crippen molar-refractivity contribution in [1.82, 2.24) is 0 Å². The van der Waals surface area contributed by atoms with Crippen LogP contribution >= 0.6 is 0 Å². The highest BCUT2D eigenvalue weighted by Gasteiger charge is 2.71. The Kier molecular flexibility index (Phi) is 4.50. The summed E-state index contributed by atoms with van der Waals surface area (Å²) in [6.45, 7) is 2.96. The largest absolute Gasteiger partial charge is 0.481 e. The molecule has 0 spiro atoms. The third kappa shape index (κ3) is 2.67. The Morgan fingerprint density at radius 3 is 1.35 bits per heavy atom. The predicted molar refractivity (Wildman–Crippen MR) is 97.1 cm³/mol. The second-order valence-electron chi connectivity index (χ2n) is 8.42. The highest BCUT2D eigenvalue weighted by molar-refractivity contribution is 5.95. The van der Waals surface area contributed by atoms with Gasteiger partial charge in [0.2, 0.25) is 11.6 Å². The normalized spacial score (nSPS) is 46.5. The lowest BCUT2D eigenvalue weighted by Crippen LogP contribution is -2.50. The number of carboxylic acid groups (broad SMARTS) is 2. The summed E-state index contributed by atoms with van der Waals surface area (Å²) in [5.74, 6) is -14.2. The van der Waals surface area contributed by atoms with E-state index in [9.17, 15) is 29.4 Å². The summed E-state index contributed by atoms with van der Waals surface area (Å²) in [6, 6.07) is 0. The van der Waals surface area contributed by atoms with Gasteiger partial charge in [0.15, 0.2) is 0 Å². The summed E-state index contributed by atoms with van der Waals surface area (Å²) in [7, 11) is 2.48. The molecule has 11 nitrogen and oxygen atoms in total. The Labute approximate surface area is 176 Å². The molecule has 0 saturated carbocycles. The minimum Gasteiger partial charge on any atom is -0.481 e. The van der Waals surface area contributed by atoms with Gasteiger partial charge < -0.3 is 33.9 Å². The number of carboxylic acids is 2. The summed E-state index contributed by atoms with van der Waals surface area (Å²) in [5, 5.41) is 19.4. The van der Waals surface area contributed by atoms with Gasteiger partial charge in [0.1, 0.15) is 34.9 Å². The highest BCUT2D eigenvalue weighted by Crippen LogP contribution is 2.56. The molecule has 168 valence electrons. The van der Waals surface area contributed by atoms with Gasteiger partial charge in [-0.15, -0.1) is 0 Å². The molecule has 4 aliphatic heterocycles. The zero-order valence-corrected chi connectivity index (χ0v) is 17.2. The van der Waals surface area contributed by atoms with Crippen LogP contribution in [0.1, 0.15) is 13.8 Å². The quantitative estimate of drug-likeness (QED) is 0.329. The lowest BCUT2D eigenvalue weighted by molar-refractivity contribution is -0.203. The van der Waals surface area contributed by atoms with Crippen molar-refractivity contribution in [1.29, 1.82) is 0 Å². The topological polar surface area (TPSA) is 155 Å². The summed E-state index contributed by atoms with van der Waals surface area (Å²) in [6.07, 6.45) is 5.79. The van der Waals surface area contributed by atoms with Crippen LogP contribution < -0.4 is 0 Å². The molecule has 4 aliphatic rings. The average Bonchev–Trinajstić information content (AvgIpc) is 3.37. The number of fused-ring (bicyclic) bond motifs is 4. The Morgan fingerprint density at radius 2 is 1.06 bits per heavy atom. The van der Waals surface area contributed by atoms with E-state index in [0.29, 0.717) is 0 Å². The molecule has 2 N–H and O–H groups in total. The molecule has 0 amide bonds. The maximum Gasteiger partial charge on any atom is 0.320 e. The molecular weight excluding hydrogens is 416 g/mol. The predicted octanol–water partition coefficient (Wildman–Crippen LogP) is 0.0930. The number of carbonyl (C=O) groups excluding carboxylic acids is 2. The number of carbonyl (C=O) groups is 4. The standard InChI is InChI=1S/C20H22O11/c1-17-5-7-19(27-3,30-17)9(13(21)22)11(17)15(25)29-16(26)12-10(14(23)24)20(28-4)8-6-18(12,2)31-20/h5-12H,1-4H3,(H,21,22)(H,23,24). The number of hydrogen-bond donors (Lipinski definition) is 2. The van der Waals surface area contributed by atoms with Gasteiger partial charge in [0, 0.05) is 14.2 Å². The van der Waals surface area contributed by atoms with Crippen molar-refractivity contribution in [2.75, 3.05) is 14.2 Å². The van der Waals surface area contributed by atoms with E-state index in [2.05, 4.69) is 0 Å². The molecule has 4 rings (SSSR count). The summed E-state index contributed by atoms with van der Waals surface area (Å²) in [4.78, 5) is 49.9. The first kappa shape index (κ1) is 21.6. The minimum atomic E-state index is -1.68. The molecule has 0 aromatic carbocycles. The van der Waals surface area contributed by atoms with Crippen LogP contribution in [0.3, 0.4) is 0 Å². The number of rotatable bonds is 6. The van der Waals surface area contributed by atoms with Crippen LogP contribution in [0.2, 0.25) is 0 Å². The number of esters is 2. The zero-order valence-electron chi connectivity index (χ0n) is 17.2. The number of methoxy groups -OCH3 is 2. The van der Waals surface area contributed by atoms with E-state index in [1.54, 1.807) is 0 Å². The maximum atomic E-state index is 13.0. The van der Waals surface area contributed by atoms with Crippen molar-refractivity contribution in [2.24, 2.45) is 23.7 Å². The van der Waals surface area contributed by atoms with Crippen LogP contribution in [0.25, 0.3) is 0 Å². The van der Waals surface area contributed by atoms with Gasteiger partial charge in [-0.3, -0.25) is 19.2 Å². The lowest BCUT2D eigenvalue weighted by atomic mass is 9.74. The van der Waals surface area contributed by atoms with Crippen molar-refractivity contribution in [3.8, 4) is 0 Å². The van der Waals surface area contributed by atoms with Gasteiger partial charge in [-0.1, -0.05) is 12.2 Å². The van der Waals surface area contributed by atoms with Crippen LogP contribution in [0.5, 0.6) is 0 Å². The van der Waals surface area contributed by atoms with Crippen molar-refractivity contribution in [3.63, 3.8) is 0 Å². The number of ether oxygens (including phenoxy) is 5. The Morgan fingerprint density at radius 1 is 0.710 bits per heavy atom.